The van der Waals surface area contributed by atoms with E-state index in [1.165, 1.54) is 11.3 Å². The van der Waals surface area contributed by atoms with E-state index in [1.807, 2.05) is 30.5 Å². The summed E-state index contributed by atoms with van der Waals surface area (Å²) >= 11 is 1.51. The summed E-state index contributed by atoms with van der Waals surface area (Å²) in [5.74, 6) is -0.00984. The van der Waals surface area contributed by atoms with E-state index in [2.05, 4.69) is 15.3 Å². The molecule has 21 heavy (non-hydrogen) atoms. The maximum atomic E-state index is 11.8. The molecule has 0 aromatic carbocycles. The molecule has 0 spiro atoms. The number of aromatic nitrogens is 2. The number of carbonyl (C=O) groups excluding carboxylic acids is 1. The molecule has 5 nitrogen and oxygen atoms in total. The van der Waals surface area contributed by atoms with Crippen molar-refractivity contribution in [1.29, 1.82) is 0 Å². The molecule has 2 rings (SSSR count). The number of hydrogen-bond acceptors (Lipinski definition) is 5. The van der Waals surface area contributed by atoms with Crippen molar-refractivity contribution in [2.75, 3.05) is 19.8 Å². The molecular weight excluding hydrogens is 286 g/mol. The van der Waals surface area contributed by atoms with E-state index in [-0.39, 0.29) is 5.91 Å². The molecule has 0 atom stereocenters. The molecule has 112 valence electrons. The van der Waals surface area contributed by atoms with Gasteiger partial charge in [-0.15, -0.1) is 11.3 Å². The van der Waals surface area contributed by atoms with Crippen molar-refractivity contribution in [2.45, 2.75) is 19.8 Å². The molecule has 0 fully saturated rings. The van der Waals surface area contributed by atoms with Crippen molar-refractivity contribution in [1.82, 2.24) is 15.3 Å². The molecule has 0 saturated carbocycles. The number of carbonyl (C=O) groups is 1. The van der Waals surface area contributed by atoms with Crippen LogP contribution in [0.5, 0.6) is 0 Å². The third-order valence-electron chi connectivity index (χ3n) is 2.77. The standard InChI is InChI=1S/C15H19N3O2S/c1-2-20-9-5-8-17-14(19)10-12-11-21-15(18-12)13-6-3-4-7-16-13/h3-4,6-7,11H,2,5,8-10H2,1H3,(H,17,19). The van der Waals surface area contributed by atoms with E-state index in [1.54, 1.807) is 6.20 Å². The van der Waals surface area contributed by atoms with Crippen molar-refractivity contribution in [3.8, 4) is 10.7 Å². The van der Waals surface area contributed by atoms with Crippen molar-refractivity contribution >= 4 is 17.2 Å². The Morgan fingerprint density at radius 3 is 3.10 bits per heavy atom. The Bertz CT molecular complexity index is 557. The van der Waals surface area contributed by atoms with Gasteiger partial charge in [-0.25, -0.2) is 4.98 Å². The first kappa shape index (κ1) is 15.6. The lowest BCUT2D eigenvalue weighted by Gasteiger charge is -2.04. The highest BCUT2D eigenvalue weighted by atomic mass is 32.1. The molecular formula is C15H19N3O2S. The fraction of sp³-hybridized carbons (Fsp3) is 0.400. The number of rotatable bonds is 8. The lowest BCUT2D eigenvalue weighted by atomic mass is 10.3. The van der Waals surface area contributed by atoms with Crippen LogP contribution < -0.4 is 5.32 Å². The van der Waals surface area contributed by atoms with Gasteiger partial charge in [0.15, 0.2) is 0 Å². The molecule has 0 aliphatic rings. The minimum absolute atomic E-state index is 0.00984. The predicted molar refractivity (Wildman–Crippen MR) is 83.2 cm³/mol. The predicted octanol–water partition coefficient (Wildman–Crippen LogP) is 2.29. The van der Waals surface area contributed by atoms with E-state index in [0.29, 0.717) is 26.2 Å². The Morgan fingerprint density at radius 1 is 1.43 bits per heavy atom. The number of nitrogens with zero attached hydrogens (tertiary/aromatic N) is 2. The molecule has 0 unspecified atom stereocenters. The van der Waals surface area contributed by atoms with Crippen LogP contribution in [0.1, 0.15) is 19.0 Å². The van der Waals surface area contributed by atoms with Gasteiger partial charge < -0.3 is 10.1 Å². The molecule has 0 radical (unpaired) electrons. The number of pyridine rings is 1. The van der Waals surface area contributed by atoms with Gasteiger partial charge in [-0.05, 0) is 25.5 Å². The molecule has 2 aromatic rings. The summed E-state index contributed by atoms with van der Waals surface area (Å²) in [5, 5.41) is 5.62. The van der Waals surface area contributed by atoms with E-state index in [9.17, 15) is 4.79 Å². The minimum atomic E-state index is -0.00984. The van der Waals surface area contributed by atoms with Crippen molar-refractivity contribution in [3.63, 3.8) is 0 Å². The average Bonchev–Trinajstić information content (AvgIpc) is 2.96. The zero-order chi connectivity index (χ0) is 14.9. The van der Waals surface area contributed by atoms with Crippen molar-refractivity contribution in [3.05, 3.63) is 35.5 Å². The summed E-state index contributed by atoms with van der Waals surface area (Å²) in [5.41, 5.74) is 1.62. The van der Waals surface area contributed by atoms with Gasteiger partial charge in [-0.1, -0.05) is 6.07 Å². The summed E-state index contributed by atoms with van der Waals surface area (Å²) in [6.07, 6.45) is 2.87. The summed E-state index contributed by atoms with van der Waals surface area (Å²) in [6.45, 7) is 3.98. The van der Waals surface area contributed by atoms with Gasteiger partial charge in [0.25, 0.3) is 0 Å². The molecule has 0 aliphatic carbocycles. The minimum Gasteiger partial charge on any atom is -0.382 e. The van der Waals surface area contributed by atoms with Crippen LogP contribution in [0.15, 0.2) is 29.8 Å². The van der Waals surface area contributed by atoms with Crippen LogP contribution in [-0.2, 0) is 16.0 Å². The molecule has 2 heterocycles. The number of nitrogens with one attached hydrogen (secondary N) is 1. The highest BCUT2D eigenvalue weighted by Crippen LogP contribution is 2.21. The Balaban J connectivity index is 1.78. The van der Waals surface area contributed by atoms with Crippen LogP contribution >= 0.6 is 11.3 Å². The summed E-state index contributed by atoms with van der Waals surface area (Å²) in [6, 6.07) is 5.71. The van der Waals surface area contributed by atoms with E-state index in [0.717, 1.165) is 22.8 Å². The third-order valence-corrected chi connectivity index (χ3v) is 3.68. The van der Waals surface area contributed by atoms with Crippen LogP contribution in [0.3, 0.4) is 0 Å². The zero-order valence-electron chi connectivity index (χ0n) is 12.0. The molecule has 1 N–H and O–H groups in total. The molecule has 1 amide bonds. The summed E-state index contributed by atoms with van der Waals surface area (Å²) < 4.78 is 5.22. The van der Waals surface area contributed by atoms with Crippen molar-refractivity contribution < 1.29 is 9.53 Å². The fourth-order valence-corrected chi connectivity index (χ4v) is 2.56. The van der Waals surface area contributed by atoms with Crippen LogP contribution in [0, 0.1) is 0 Å². The number of hydrogen-bond donors (Lipinski definition) is 1. The summed E-state index contributed by atoms with van der Waals surface area (Å²) in [4.78, 5) is 20.5. The number of thiazole rings is 1. The highest BCUT2D eigenvalue weighted by Gasteiger charge is 2.09. The Labute approximate surface area is 128 Å². The van der Waals surface area contributed by atoms with Crippen LogP contribution in [0.4, 0.5) is 0 Å². The normalized spacial score (nSPS) is 10.5. The Hall–Kier alpha value is -1.79. The van der Waals surface area contributed by atoms with E-state index < -0.39 is 0 Å². The van der Waals surface area contributed by atoms with Gasteiger partial charge in [0, 0.05) is 31.3 Å². The Kier molecular flexibility index (Phi) is 6.30. The fourth-order valence-electron chi connectivity index (χ4n) is 1.77. The van der Waals surface area contributed by atoms with Crippen LogP contribution in [0.2, 0.25) is 0 Å². The number of ether oxygens (including phenoxy) is 1. The maximum Gasteiger partial charge on any atom is 0.226 e. The van der Waals surface area contributed by atoms with Gasteiger partial charge >= 0.3 is 0 Å². The monoisotopic (exact) mass is 305 g/mol. The van der Waals surface area contributed by atoms with Crippen LogP contribution in [-0.4, -0.2) is 35.6 Å². The lowest BCUT2D eigenvalue weighted by molar-refractivity contribution is -0.120. The lowest BCUT2D eigenvalue weighted by Crippen LogP contribution is -2.26. The van der Waals surface area contributed by atoms with Gasteiger partial charge in [-0.3, -0.25) is 9.78 Å². The molecule has 2 aromatic heterocycles. The first-order valence-corrected chi connectivity index (χ1v) is 7.88. The molecule has 6 heteroatoms. The largest absolute Gasteiger partial charge is 0.382 e. The average molecular weight is 305 g/mol. The maximum absolute atomic E-state index is 11.8. The first-order chi connectivity index (χ1) is 10.3. The second-order valence-corrected chi connectivity index (χ2v) is 5.29. The number of amides is 1. The smallest absolute Gasteiger partial charge is 0.226 e. The Morgan fingerprint density at radius 2 is 2.33 bits per heavy atom. The quantitative estimate of drug-likeness (QED) is 0.760. The van der Waals surface area contributed by atoms with Crippen molar-refractivity contribution in [2.24, 2.45) is 0 Å². The summed E-state index contributed by atoms with van der Waals surface area (Å²) in [7, 11) is 0. The van der Waals surface area contributed by atoms with Crippen LogP contribution in [0.25, 0.3) is 10.7 Å². The third kappa shape index (κ3) is 5.24. The second kappa shape index (κ2) is 8.49. The molecule has 0 saturated heterocycles. The van der Waals surface area contributed by atoms with Gasteiger partial charge in [0.1, 0.15) is 5.01 Å². The second-order valence-electron chi connectivity index (χ2n) is 4.44. The SMILES string of the molecule is CCOCCCNC(=O)Cc1csc(-c2ccccn2)n1. The first-order valence-electron chi connectivity index (χ1n) is 7.00. The van der Waals surface area contributed by atoms with Gasteiger partial charge in [0.05, 0.1) is 17.8 Å². The van der Waals surface area contributed by atoms with E-state index in [4.69, 9.17) is 4.74 Å². The zero-order valence-corrected chi connectivity index (χ0v) is 12.9. The van der Waals surface area contributed by atoms with E-state index >= 15 is 0 Å². The van der Waals surface area contributed by atoms with Gasteiger partial charge in [-0.2, -0.15) is 0 Å². The topological polar surface area (TPSA) is 64.1 Å². The highest BCUT2D eigenvalue weighted by molar-refractivity contribution is 7.13. The van der Waals surface area contributed by atoms with Gasteiger partial charge in [0.2, 0.25) is 5.91 Å². The molecule has 0 aliphatic heterocycles. The molecule has 0 bridgehead atoms.